The molecule has 0 fully saturated rings. The molecule has 0 spiro atoms. The Morgan fingerprint density at radius 2 is 1.81 bits per heavy atom. The lowest BCUT2D eigenvalue weighted by Crippen LogP contribution is -2.21. The second-order valence-electron chi connectivity index (χ2n) is 5.91. The summed E-state index contributed by atoms with van der Waals surface area (Å²) in [6, 6.07) is 10.6. The Labute approximate surface area is 165 Å². The van der Waals surface area contributed by atoms with Crippen molar-refractivity contribution in [3.05, 3.63) is 69.4 Å². The minimum Gasteiger partial charge on any atom is -0.454 e. The molecule has 0 heterocycles. The first-order chi connectivity index (χ1) is 12.9. The van der Waals surface area contributed by atoms with E-state index in [4.69, 9.17) is 4.74 Å². The lowest BCUT2D eigenvalue weighted by molar-refractivity contribution is -0.118. The van der Waals surface area contributed by atoms with E-state index in [0.717, 1.165) is 30.5 Å². The number of carbonyl (C=O) groups excluding carboxylic acids is 3. The molecule has 27 heavy (non-hydrogen) atoms. The van der Waals surface area contributed by atoms with Crippen LogP contribution in [0.3, 0.4) is 0 Å². The first-order valence-corrected chi connectivity index (χ1v) is 9.15. The number of hydrogen-bond acceptors (Lipinski definition) is 4. The Morgan fingerprint density at radius 3 is 2.44 bits per heavy atom. The maximum absolute atomic E-state index is 13.1. The Balaban J connectivity index is 1.85. The molecule has 0 unspecified atom stereocenters. The largest absolute Gasteiger partial charge is 0.454 e. The number of carbonyl (C=O) groups is 3. The maximum Gasteiger partial charge on any atom is 0.339 e. The highest BCUT2D eigenvalue weighted by Crippen LogP contribution is 2.19. The molecule has 1 N–H and O–H groups in total. The second kappa shape index (κ2) is 9.97. The fourth-order valence-electron chi connectivity index (χ4n) is 2.36. The number of benzene rings is 2. The summed E-state index contributed by atoms with van der Waals surface area (Å²) in [6.07, 6.45) is 1.58. The molecule has 0 saturated heterocycles. The van der Waals surface area contributed by atoms with E-state index in [1.165, 1.54) is 13.0 Å². The normalized spacial score (nSPS) is 10.3. The summed E-state index contributed by atoms with van der Waals surface area (Å²) < 4.78 is 18.3. The second-order valence-corrected chi connectivity index (χ2v) is 6.76. The minimum absolute atomic E-state index is 0.0573. The smallest absolute Gasteiger partial charge is 0.339 e. The number of Topliss-reactive ketones (excluding diaryl/α,β-unsaturated/α-hetero) is 1. The third kappa shape index (κ3) is 6.60. The molecule has 2 aromatic carbocycles. The van der Waals surface area contributed by atoms with Gasteiger partial charge in [-0.25, -0.2) is 9.18 Å². The van der Waals surface area contributed by atoms with Gasteiger partial charge in [0, 0.05) is 23.5 Å². The average Bonchev–Trinajstić information content (AvgIpc) is 2.63. The van der Waals surface area contributed by atoms with Gasteiger partial charge in [0.05, 0.1) is 5.56 Å². The number of ether oxygens (including phenoxy) is 1. The van der Waals surface area contributed by atoms with Crippen LogP contribution in [0.25, 0.3) is 0 Å². The highest BCUT2D eigenvalue weighted by molar-refractivity contribution is 9.10. The van der Waals surface area contributed by atoms with Crippen LogP contribution in [0.5, 0.6) is 0 Å². The molecular formula is C20H19BrFNO4. The van der Waals surface area contributed by atoms with Gasteiger partial charge in [0.25, 0.3) is 0 Å². The lowest BCUT2D eigenvalue weighted by atomic mass is 10.1. The molecule has 0 atom stereocenters. The Morgan fingerprint density at radius 1 is 1.11 bits per heavy atom. The van der Waals surface area contributed by atoms with Crippen molar-refractivity contribution in [2.24, 2.45) is 0 Å². The van der Waals surface area contributed by atoms with E-state index in [2.05, 4.69) is 21.2 Å². The number of aryl methyl sites for hydroxylation is 1. The van der Waals surface area contributed by atoms with Crippen molar-refractivity contribution in [2.75, 3.05) is 13.2 Å². The predicted octanol–water partition coefficient (Wildman–Crippen LogP) is 3.70. The van der Waals surface area contributed by atoms with E-state index in [1.54, 1.807) is 12.1 Å². The van der Waals surface area contributed by atoms with E-state index in [1.807, 2.05) is 12.1 Å². The highest BCUT2D eigenvalue weighted by Gasteiger charge is 2.15. The molecule has 1 amide bonds. The summed E-state index contributed by atoms with van der Waals surface area (Å²) >= 11 is 3.09. The van der Waals surface area contributed by atoms with Crippen molar-refractivity contribution >= 4 is 33.6 Å². The molecule has 5 nitrogen and oxygen atoms in total. The Bertz CT molecular complexity index is 836. The SMILES string of the molecule is CC(=O)NCCCc1ccc(C(=O)COC(=O)c2ccc(F)cc2Br)cc1. The zero-order valence-corrected chi connectivity index (χ0v) is 16.3. The van der Waals surface area contributed by atoms with Crippen molar-refractivity contribution < 1.29 is 23.5 Å². The number of amides is 1. The fourth-order valence-corrected chi connectivity index (χ4v) is 2.87. The van der Waals surface area contributed by atoms with E-state index in [9.17, 15) is 18.8 Å². The number of nitrogens with one attached hydrogen (secondary N) is 1. The molecule has 2 aromatic rings. The van der Waals surface area contributed by atoms with Gasteiger partial charge in [-0.05, 0) is 52.5 Å². The van der Waals surface area contributed by atoms with Crippen LogP contribution in [0.1, 0.15) is 39.6 Å². The van der Waals surface area contributed by atoms with Crippen LogP contribution in [0, 0.1) is 5.82 Å². The van der Waals surface area contributed by atoms with Gasteiger partial charge >= 0.3 is 5.97 Å². The van der Waals surface area contributed by atoms with Crippen LogP contribution >= 0.6 is 15.9 Å². The number of halogens is 2. The maximum atomic E-state index is 13.1. The molecule has 0 bridgehead atoms. The monoisotopic (exact) mass is 435 g/mol. The zero-order valence-electron chi connectivity index (χ0n) is 14.8. The van der Waals surface area contributed by atoms with Crippen LogP contribution < -0.4 is 5.32 Å². The molecule has 0 saturated carbocycles. The van der Waals surface area contributed by atoms with Crippen molar-refractivity contribution in [1.29, 1.82) is 0 Å². The summed E-state index contributed by atoms with van der Waals surface area (Å²) in [5.74, 6) is -1.57. The summed E-state index contributed by atoms with van der Waals surface area (Å²) in [5, 5.41) is 2.73. The number of hydrogen-bond donors (Lipinski definition) is 1. The van der Waals surface area contributed by atoms with E-state index in [0.29, 0.717) is 12.1 Å². The van der Waals surface area contributed by atoms with Crippen molar-refractivity contribution in [3.8, 4) is 0 Å². The Kier molecular flexibility index (Phi) is 7.67. The molecule has 2 rings (SSSR count). The quantitative estimate of drug-likeness (QED) is 0.389. The zero-order chi connectivity index (χ0) is 19.8. The summed E-state index contributed by atoms with van der Waals surface area (Å²) in [6.45, 7) is 1.68. The van der Waals surface area contributed by atoms with Crippen molar-refractivity contribution in [2.45, 2.75) is 19.8 Å². The number of rotatable bonds is 8. The predicted molar refractivity (Wildman–Crippen MR) is 102 cm³/mol. The van der Waals surface area contributed by atoms with Crippen LogP contribution in [-0.4, -0.2) is 30.8 Å². The molecular weight excluding hydrogens is 417 g/mol. The topological polar surface area (TPSA) is 72.5 Å². The lowest BCUT2D eigenvalue weighted by Gasteiger charge is -2.07. The average molecular weight is 436 g/mol. The van der Waals surface area contributed by atoms with Crippen LogP contribution in [0.2, 0.25) is 0 Å². The van der Waals surface area contributed by atoms with Gasteiger partial charge in [0.1, 0.15) is 5.82 Å². The summed E-state index contributed by atoms with van der Waals surface area (Å²) in [5.41, 5.74) is 1.63. The van der Waals surface area contributed by atoms with Gasteiger partial charge in [0.15, 0.2) is 12.4 Å². The third-order valence-corrected chi connectivity index (χ3v) is 4.43. The van der Waals surface area contributed by atoms with Gasteiger partial charge in [-0.3, -0.25) is 9.59 Å². The molecule has 0 aliphatic rings. The summed E-state index contributed by atoms with van der Waals surface area (Å²) in [4.78, 5) is 35.0. The van der Waals surface area contributed by atoms with Crippen molar-refractivity contribution in [1.82, 2.24) is 5.32 Å². The molecule has 0 radical (unpaired) electrons. The standard InChI is InChI=1S/C20H19BrFNO4/c1-13(24)23-10-2-3-14-4-6-15(7-5-14)19(25)12-27-20(26)17-9-8-16(22)11-18(17)21/h4-9,11H,2-3,10,12H2,1H3,(H,23,24). The third-order valence-electron chi connectivity index (χ3n) is 3.78. The fraction of sp³-hybridized carbons (Fsp3) is 0.250. The molecule has 0 aliphatic carbocycles. The van der Waals surface area contributed by atoms with E-state index < -0.39 is 18.4 Å². The molecule has 142 valence electrons. The molecule has 0 aromatic heterocycles. The minimum atomic E-state index is -0.704. The number of ketones is 1. The van der Waals surface area contributed by atoms with Gasteiger partial charge in [-0.15, -0.1) is 0 Å². The van der Waals surface area contributed by atoms with Crippen LogP contribution in [0.4, 0.5) is 4.39 Å². The van der Waals surface area contributed by atoms with Gasteiger partial charge < -0.3 is 10.1 Å². The van der Waals surface area contributed by atoms with E-state index >= 15 is 0 Å². The molecule has 0 aliphatic heterocycles. The van der Waals surface area contributed by atoms with E-state index in [-0.39, 0.29) is 21.7 Å². The van der Waals surface area contributed by atoms with Crippen molar-refractivity contribution in [3.63, 3.8) is 0 Å². The molecule has 7 heteroatoms. The first kappa shape index (κ1) is 20.8. The number of esters is 1. The van der Waals surface area contributed by atoms with Crippen LogP contribution in [-0.2, 0) is 16.0 Å². The van der Waals surface area contributed by atoms with Crippen LogP contribution in [0.15, 0.2) is 46.9 Å². The Hall–Kier alpha value is -2.54. The summed E-state index contributed by atoms with van der Waals surface area (Å²) in [7, 11) is 0. The first-order valence-electron chi connectivity index (χ1n) is 8.35. The van der Waals surface area contributed by atoms with Gasteiger partial charge in [-0.2, -0.15) is 0 Å². The highest BCUT2D eigenvalue weighted by atomic mass is 79.9. The van der Waals surface area contributed by atoms with Gasteiger partial charge in [-0.1, -0.05) is 24.3 Å². The van der Waals surface area contributed by atoms with Gasteiger partial charge in [0.2, 0.25) is 5.91 Å².